The first-order chi connectivity index (χ1) is 16.5. The number of hydrogen-bond donors (Lipinski definition) is 1. The van der Waals surface area contributed by atoms with Gasteiger partial charge in [0.25, 0.3) is 0 Å². The standard InChI is InChI=1S/C29H53O4Si/c1-5-7-9-11-13-17-24(32-29-19-15-16-22-31-29)20-21-26-25(18-14-12-10-8-6-2)27(30)23-28(26)33-34(3)4/h12,14,20-21,24-30H,5-11,13,15-19,22-23H2,1-4H3/q+1/b14-12-,21-20+/t24-,25-,26-,27+,28-,29?/m1/s1. The van der Waals surface area contributed by atoms with E-state index in [9.17, 15) is 5.11 Å². The first-order valence-corrected chi connectivity index (χ1v) is 16.7. The van der Waals surface area contributed by atoms with Crippen LogP contribution in [0.2, 0.25) is 13.1 Å². The third-order valence-corrected chi connectivity index (χ3v) is 7.96. The van der Waals surface area contributed by atoms with Crippen LogP contribution in [-0.2, 0) is 13.9 Å². The topological polar surface area (TPSA) is 47.9 Å². The van der Waals surface area contributed by atoms with Crippen LogP contribution in [0.4, 0.5) is 0 Å². The second-order valence-corrected chi connectivity index (χ2v) is 12.6. The van der Waals surface area contributed by atoms with Crippen LogP contribution in [0.15, 0.2) is 24.3 Å². The average Bonchev–Trinajstić information content (AvgIpc) is 3.10. The highest BCUT2D eigenvalue weighted by atomic mass is 28.3. The van der Waals surface area contributed by atoms with Crippen LogP contribution in [0.5, 0.6) is 0 Å². The van der Waals surface area contributed by atoms with Crippen LogP contribution >= 0.6 is 0 Å². The Bertz CT molecular complexity index is 558. The van der Waals surface area contributed by atoms with Crippen LogP contribution in [0.3, 0.4) is 0 Å². The zero-order chi connectivity index (χ0) is 24.6. The first-order valence-electron chi connectivity index (χ1n) is 14.3. The predicted molar refractivity (Wildman–Crippen MR) is 144 cm³/mol. The molecular weight excluding hydrogens is 440 g/mol. The Morgan fingerprint density at radius 1 is 1.03 bits per heavy atom. The smallest absolute Gasteiger partial charge is 0.393 e. The summed E-state index contributed by atoms with van der Waals surface area (Å²) in [6.45, 7) is 9.69. The summed E-state index contributed by atoms with van der Waals surface area (Å²) in [5.41, 5.74) is 0. The van der Waals surface area contributed by atoms with Gasteiger partial charge >= 0.3 is 9.04 Å². The molecule has 1 aliphatic heterocycles. The average molecular weight is 494 g/mol. The fourth-order valence-electron chi connectivity index (χ4n) is 5.23. The van der Waals surface area contributed by atoms with Crippen LogP contribution in [-0.4, -0.2) is 45.4 Å². The van der Waals surface area contributed by atoms with E-state index in [2.05, 4.69) is 51.2 Å². The Morgan fingerprint density at radius 3 is 2.53 bits per heavy atom. The van der Waals surface area contributed by atoms with Gasteiger partial charge in [-0.05, 0) is 44.4 Å². The molecule has 1 saturated heterocycles. The van der Waals surface area contributed by atoms with Gasteiger partial charge in [0.2, 0.25) is 0 Å². The number of ether oxygens (including phenoxy) is 2. The molecule has 6 atom stereocenters. The quantitative estimate of drug-likeness (QED) is 0.129. The summed E-state index contributed by atoms with van der Waals surface area (Å²) >= 11 is 0. The molecule has 4 nitrogen and oxygen atoms in total. The van der Waals surface area contributed by atoms with Crippen LogP contribution in [0, 0.1) is 11.8 Å². The summed E-state index contributed by atoms with van der Waals surface area (Å²) < 4.78 is 18.7. The molecule has 196 valence electrons. The van der Waals surface area contributed by atoms with E-state index in [0.29, 0.717) is 0 Å². The van der Waals surface area contributed by atoms with E-state index in [0.717, 1.165) is 45.1 Å². The van der Waals surface area contributed by atoms with Crippen molar-refractivity contribution in [2.24, 2.45) is 11.8 Å². The van der Waals surface area contributed by atoms with Crippen LogP contribution < -0.4 is 0 Å². The number of allylic oxidation sites excluding steroid dienone is 2. The minimum atomic E-state index is -0.825. The van der Waals surface area contributed by atoms with Crippen molar-refractivity contribution in [1.29, 1.82) is 0 Å². The molecule has 0 bridgehead atoms. The Hall–Kier alpha value is -0.463. The van der Waals surface area contributed by atoms with E-state index in [1.165, 1.54) is 51.4 Å². The summed E-state index contributed by atoms with van der Waals surface area (Å²) in [6, 6.07) is 0. The summed E-state index contributed by atoms with van der Waals surface area (Å²) in [6.07, 6.45) is 25.0. The highest BCUT2D eigenvalue weighted by Crippen LogP contribution is 2.38. The largest absolute Gasteiger partial charge is 0.467 e. The molecule has 2 fully saturated rings. The second-order valence-electron chi connectivity index (χ2n) is 10.5. The van der Waals surface area contributed by atoms with Crippen molar-refractivity contribution in [2.75, 3.05) is 6.61 Å². The van der Waals surface area contributed by atoms with E-state index >= 15 is 0 Å². The molecule has 1 saturated carbocycles. The lowest BCUT2D eigenvalue weighted by atomic mass is 9.89. The second kappa shape index (κ2) is 17.9. The van der Waals surface area contributed by atoms with E-state index < -0.39 is 9.04 Å². The van der Waals surface area contributed by atoms with E-state index in [-0.39, 0.29) is 36.4 Å². The summed E-state index contributed by atoms with van der Waals surface area (Å²) in [4.78, 5) is 0. The molecule has 1 unspecified atom stereocenters. The van der Waals surface area contributed by atoms with Gasteiger partial charge in [0.15, 0.2) is 6.29 Å². The minimum absolute atomic E-state index is 0.0707. The van der Waals surface area contributed by atoms with Crippen molar-refractivity contribution in [1.82, 2.24) is 0 Å². The maximum atomic E-state index is 10.9. The lowest BCUT2D eigenvalue weighted by Gasteiger charge is -2.27. The van der Waals surface area contributed by atoms with Gasteiger partial charge in [0.1, 0.15) is 6.10 Å². The molecular formula is C29H53O4Si+. The van der Waals surface area contributed by atoms with Gasteiger partial charge in [-0.2, -0.15) is 0 Å². The Balaban J connectivity index is 2.05. The minimum Gasteiger partial charge on any atom is -0.393 e. The summed E-state index contributed by atoms with van der Waals surface area (Å²) in [5, 5.41) is 10.9. The number of hydrogen-bond acceptors (Lipinski definition) is 4. The monoisotopic (exact) mass is 493 g/mol. The zero-order valence-electron chi connectivity index (χ0n) is 22.6. The lowest BCUT2D eigenvalue weighted by molar-refractivity contribution is -0.179. The molecule has 1 aliphatic carbocycles. The van der Waals surface area contributed by atoms with Crippen molar-refractivity contribution in [2.45, 2.75) is 141 Å². The van der Waals surface area contributed by atoms with Gasteiger partial charge in [-0.3, -0.25) is 0 Å². The Morgan fingerprint density at radius 2 is 1.82 bits per heavy atom. The molecule has 2 aliphatic rings. The molecule has 0 aromatic heterocycles. The Kier molecular flexibility index (Phi) is 15.7. The molecule has 0 spiro atoms. The van der Waals surface area contributed by atoms with Crippen molar-refractivity contribution < 1.29 is 19.0 Å². The summed E-state index contributed by atoms with van der Waals surface area (Å²) in [5.74, 6) is 0.459. The van der Waals surface area contributed by atoms with Crippen molar-refractivity contribution in [3.05, 3.63) is 24.3 Å². The molecule has 0 radical (unpaired) electrons. The van der Waals surface area contributed by atoms with Gasteiger partial charge in [-0.1, -0.05) is 83.1 Å². The molecule has 5 heteroatoms. The van der Waals surface area contributed by atoms with Crippen molar-refractivity contribution in [3.8, 4) is 0 Å². The number of rotatable bonds is 17. The molecule has 1 N–H and O–H groups in total. The predicted octanol–water partition coefficient (Wildman–Crippen LogP) is 7.58. The number of aliphatic hydroxyl groups is 1. The fourth-order valence-corrected chi connectivity index (χ4v) is 6.09. The normalized spacial score (nSPS) is 28.8. The van der Waals surface area contributed by atoms with Crippen LogP contribution in [0.25, 0.3) is 0 Å². The molecule has 0 aromatic carbocycles. The first kappa shape index (κ1) is 29.8. The van der Waals surface area contributed by atoms with Crippen LogP contribution in [0.1, 0.15) is 104 Å². The van der Waals surface area contributed by atoms with Gasteiger partial charge in [-0.15, -0.1) is 0 Å². The van der Waals surface area contributed by atoms with Crippen molar-refractivity contribution in [3.63, 3.8) is 0 Å². The maximum absolute atomic E-state index is 10.9. The summed E-state index contributed by atoms with van der Waals surface area (Å²) in [7, 11) is -0.825. The highest BCUT2D eigenvalue weighted by molar-refractivity contribution is 6.48. The lowest BCUT2D eigenvalue weighted by Crippen LogP contribution is -2.28. The van der Waals surface area contributed by atoms with E-state index in [4.69, 9.17) is 13.9 Å². The number of aliphatic hydroxyl groups excluding tert-OH is 1. The molecule has 0 aromatic rings. The zero-order valence-corrected chi connectivity index (χ0v) is 23.6. The van der Waals surface area contributed by atoms with Gasteiger partial charge in [0, 0.05) is 18.9 Å². The van der Waals surface area contributed by atoms with Gasteiger partial charge in [-0.25, -0.2) is 4.43 Å². The number of unbranched alkanes of at least 4 members (excludes halogenated alkanes) is 6. The van der Waals surface area contributed by atoms with E-state index in [1.54, 1.807) is 0 Å². The van der Waals surface area contributed by atoms with E-state index in [1.807, 2.05) is 0 Å². The molecule has 1 heterocycles. The maximum Gasteiger partial charge on any atom is 0.467 e. The van der Waals surface area contributed by atoms with Crippen molar-refractivity contribution >= 4 is 9.04 Å². The highest BCUT2D eigenvalue weighted by Gasteiger charge is 2.44. The fraction of sp³-hybridized carbons (Fsp3) is 0.862. The molecule has 2 rings (SSSR count). The third-order valence-electron chi connectivity index (χ3n) is 7.18. The third kappa shape index (κ3) is 11.5. The Labute approximate surface area is 212 Å². The van der Waals surface area contributed by atoms with Gasteiger partial charge in [0.05, 0.1) is 25.3 Å². The molecule has 0 amide bonds. The van der Waals surface area contributed by atoms with Gasteiger partial charge < -0.3 is 14.6 Å². The molecule has 34 heavy (non-hydrogen) atoms. The SMILES string of the molecule is CCCC/C=C\C[C@@H]1[C@@H](/C=C/[C@@H](CCCCCCC)OC2CCCCO2)[C@H](O[Si+](C)C)C[C@@H]1O.